The van der Waals surface area contributed by atoms with Crippen molar-refractivity contribution in [2.75, 3.05) is 18.5 Å². The minimum atomic E-state index is -0.340. The number of anilines is 1. The molecule has 0 fully saturated rings. The summed E-state index contributed by atoms with van der Waals surface area (Å²) in [4.78, 5) is 14.2. The molecule has 0 spiro atoms. The number of esters is 1. The summed E-state index contributed by atoms with van der Waals surface area (Å²) >= 11 is 5.56. The van der Waals surface area contributed by atoms with Crippen LogP contribution in [-0.2, 0) is 17.7 Å². The smallest absolute Gasteiger partial charge is 0.340 e. The lowest BCUT2D eigenvalue weighted by molar-refractivity contribution is 0.0527. The monoisotopic (exact) mass is 340 g/mol. The van der Waals surface area contributed by atoms with Crippen LogP contribution in [0.15, 0.2) is 48.5 Å². The number of hydrogen-bond donors (Lipinski definition) is 1. The van der Waals surface area contributed by atoms with E-state index in [2.05, 4.69) is 34.5 Å². The van der Waals surface area contributed by atoms with Gasteiger partial charge >= 0.3 is 5.97 Å². The molecular formula is C19H20N2O2S. The third-order valence-corrected chi connectivity index (χ3v) is 4.44. The molecule has 0 saturated heterocycles. The highest BCUT2D eigenvalue weighted by molar-refractivity contribution is 7.80. The highest BCUT2D eigenvalue weighted by atomic mass is 32.1. The van der Waals surface area contributed by atoms with Crippen molar-refractivity contribution in [3.63, 3.8) is 0 Å². The molecule has 0 aromatic heterocycles. The Hall–Kier alpha value is -2.40. The highest BCUT2D eigenvalue weighted by Gasteiger charge is 2.19. The van der Waals surface area contributed by atoms with E-state index in [1.54, 1.807) is 13.0 Å². The van der Waals surface area contributed by atoms with Crippen molar-refractivity contribution in [2.45, 2.75) is 19.9 Å². The van der Waals surface area contributed by atoms with E-state index < -0.39 is 0 Å². The van der Waals surface area contributed by atoms with E-state index in [1.807, 2.05) is 18.2 Å². The van der Waals surface area contributed by atoms with Crippen molar-refractivity contribution in [1.29, 1.82) is 0 Å². The Labute approximate surface area is 147 Å². The molecule has 124 valence electrons. The predicted molar refractivity (Wildman–Crippen MR) is 99.2 cm³/mol. The average Bonchev–Trinajstić information content (AvgIpc) is 2.62. The molecule has 2 aromatic rings. The number of rotatable bonds is 3. The Kier molecular flexibility index (Phi) is 5.11. The third kappa shape index (κ3) is 3.57. The van der Waals surface area contributed by atoms with E-state index in [-0.39, 0.29) is 5.97 Å². The second-order valence-electron chi connectivity index (χ2n) is 5.64. The molecule has 2 aromatic carbocycles. The zero-order valence-corrected chi connectivity index (χ0v) is 14.4. The van der Waals surface area contributed by atoms with Crippen LogP contribution in [0.25, 0.3) is 0 Å². The molecule has 5 heteroatoms. The Morgan fingerprint density at radius 1 is 1.17 bits per heavy atom. The number of fused-ring (bicyclic) bond motifs is 1. The lowest BCUT2D eigenvalue weighted by atomic mass is 10.0. The minimum absolute atomic E-state index is 0.340. The van der Waals surface area contributed by atoms with Gasteiger partial charge in [-0.2, -0.15) is 0 Å². The summed E-state index contributed by atoms with van der Waals surface area (Å²) in [6.07, 6.45) is 0.970. The number of carbonyl (C=O) groups is 1. The van der Waals surface area contributed by atoms with E-state index in [4.69, 9.17) is 17.0 Å². The minimum Gasteiger partial charge on any atom is -0.462 e. The van der Waals surface area contributed by atoms with Crippen LogP contribution < -0.4 is 5.32 Å². The lowest BCUT2D eigenvalue weighted by Crippen LogP contribution is -2.38. The number of thiocarbonyl (C=S) groups is 1. The van der Waals surface area contributed by atoms with Gasteiger partial charge in [-0.25, -0.2) is 4.79 Å². The van der Waals surface area contributed by atoms with Crippen LogP contribution in [0.1, 0.15) is 28.4 Å². The van der Waals surface area contributed by atoms with Crippen molar-refractivity contribution in [3.8, 4) is 0 Å². The zero-order chi connectivity index (χ0) is 16.9. The maximum Gasteiger partial charge on any atom is 0.340 e. The summed E-state index contributed by atoms with van der Waals surface area (Å²) < 4.78 is 5.11. The van der Waals surface area contributed by atoms with Gasteiger partial charge in [0, 0.05) is 13.1 Å². The van der Waals surface area contributed by atoms with Crippen molar-refractivity contribution in [1.82, 2.24) is 4.90 Å². The summed E-state index contributed by atoms with van der Waals surface area (Å²) in [6.45, 7) is 3.79. The second kappa shape index (κ2) is 7.45. The molecule has 24 heavy (non-hydrogen) atoms. The average molecular weight is 340 g/mol. The number of ether oxygens (including phenoxy) is 1. The van der Waals surface area contributed by atoms with Crippen LogP contribution in [0.4, 0.5) is 5.69 Å². The zero-order valence-electron chi connectivity index (χ0n) is 13.6. The van der Waals surface area contributed by atoms with Gasteiger partial charge in [0.1, 0.15) is 0 Å². The van der Waals surface area contributed by atoms with Crippen LogP contribution in [0.5, 0.6) is 0 Å². The van der Waals surface area contributed by atoms with E-state index in [1.165, 1.54) is 11.1 Å². The van der Waals surface area contributed by atoms with Crippen LogP contribution in [0, 0.1) is 0 Å². The summed E-state index contributed by atoms with van der Waals surface area (Å²) in [5, 5.41) is 3.83. The van der Waals surface area contributed by atoms with Crippen molar-refractivity contribution < 1.29 is 9.53 Å². The topological polar surface area (TPSA) is 41.6 Å². The molecule has 4 nitrogen and oxygen atoms in total. The first-order chi connectivity index (χ1) is 11.7. The van der Waals surface area contributed by atoms with E-state index in [0.29, 0.717) is 23.0 Å². The molecule has 0 bridgehead atoms. The van der Waals surface area contributed by atoms with Gasteiger partial charge in [-0.15, -0.1) is 0 Å². The van der Waals surface area contributed by atoms with Gasteiger partial charge < -0.3 is 15.0 Å². The van der Waals surface area contributed by atoms with E-state index in [0.717, 1.165) is 19.5 Å². The molecule has 1 aliphatic rings. The highest BCUT2D eigenvalue weighted by Crippen LogP contribution is 2.21. The normalized spacial score (nSPS) is 13.1. The summed E-state index contributed by atoms with van der Waals surface area (Å²) in [7, 11) is 0. The molecule has 0 unspecified atom stereocenters. The van der Waals surface area contributed by atoms with Gasteiger partial charge in [0.05, 0.1) is 17.9 Å². The second-order valence-corrected chi connectivity index (χ2v) is 6.02. The van der Waals surface area contributed by atoms with Crippen molar-refractivity contribution in [3.05, 3.63) is 65.2 Å². The van der Waals surface area contributed by atoms with E-state index >= 15 is 0 Å². The Morgan fingerprint density at radius 2 is 1.88 bits per heavy atom. The molecule has 0 radical (unpaired) electrons. The quantitative estimate of drug-likeness (QED) is 0.683. The Bertz CT molecular complexity index is 761. The SMILES string of the molecule is CCOC(=O)c1ccccc1NC(=S)N1CCc2ccccc2C1. The fourth-order valence-electron chi connectivity index (χ4n) is 2.84. The molecule has 3 rings (SSSR count). The first-order valence-electron chi connectivity index (χ1n) is 8.08. The van der Waals surface area contributed by atoms with Crippen LogP contribution in [0.2, 0.25) is 0 Å². The molecule has 0 amide bonds. The van der Waals surface area contributed by atoms with Crippen LogP contribution >= 0.6 is 12.2 Å². The molecular weight excluding hydrogens is 320 g/mol. The fourth-order valence-corrected chi connectivity index (χ4v) is 3.11. The maximum atomic E-state index is 12.1. The van der Waals surface area contributed by atoms with Gasteiger partial charge in [0.25, 0.3) is 0 Å². The van der Waals surface area contributed by atoms with Gasteiger partial charge in [0.15, 0.2) is 5.11 Å². The van der Waals surface area contributed by atoms with Gasteiger partial charge in [-0.1, -0.05) is 36.4 Å². The molecule has 1 heterocycles. The molecule has 0 aliphatic carbocycles. The number of nitrogens with one attached hydrogen (secondary N) is 1. The third-order valence-electron chi connectivity index (χ3n) is 4.08. The van der Waals surface area contributed by atoms with Gasteiger partial charge in [0.2, 0.25) is 0 Å². The lowest BCUT2D eigenvalue weighted by Gasteiger charge is -2.31. The summed E-state index contributed by atoms with van der Waals surface area (Å²) in [5.41, 5.74) is 3.86. The summed E-state index contributed by atoms with van der Waals surface area (Å²) in [6, 6.07) is 15.7. The number of benzene rings is 2. The van der Waals surface area contributed by atoms with Crippen LogP contribution in [0.3, 0.4) is 0 Å². The Morgan fingerprint density at radius 3 is 2.67 bits per heavy atom. The van der Waals surface area contributed by atoms with E-state index in [9.17, 15) is 4.79 Å². The molecule has 0 atom stereocenters. The largest absolute Gasteiger partial charge is 0.462 e. The van der Waals surface area contributed by atoms with Crippen molar-refractivity contribution in [2.24, 2.45) is 0 Å². The first-order valence-corrected chi connectivity index (χ1v) is 8.48. The number of para-hydroxylation sites is 1. The molecule has 1 aliphatic heterocycles. The first kappa shape index (κ1) is 16.5. The maximum absolute atomic E-state index is 12.1. The van der Waals surface area contributed by atoms with Crippen molar-refractivity contribution >= 4 is 29.0 Å². The number of hydrogen-bond acceptors (Lipinski definition) is 3. The number of nitrogens with zero attached hydrogens (tertiary/aromatic N) is 1. The predicted octanol–water partition coefficient (Wildman–Crippen LogP) is 3.62. The molecule has 0 saturated carbocycles. The van der Waals surface area contributed by atoms with Gasteiger partial charge in [-0.05, 0) is 48.8 Å². The fraction of sp³-hybridized carbons (Fsp3) is 0.263. The summed E-state index contributed by atoms with van der Waals surface area (Å²) in [5.74, 6) is -0.340. The Balaban J connectivity index is 1.73. The standard InChI is InChI=1S/C19H20N2O2S/c1-2-23-18(22)16-9-5-6-10-17(16)20-19(24)21-12-11-14-7-3-4-8-15(14)13-21/h3-10H,2,11-13H2,1H3,(H,20,24). The van der Waals surface area contributed by atoms with Crippen LogP contribution in [-0.4, -0.2) is 29.1 Å². The molecule has 1 N–H and O–H groups in total. The number of carbonyl (C=O) groups excluding carboxylic acids is 1. The van der Waals surface area contributed by atoms with Gasteiger partial charge in [-0.3, -0.25) is 0 Å².